The van der Waals surface area contributed by atoms with Gasteiger partial charge in [-0.15, -0.1) is 0 Å². The molecule has 0 spiro atoms. The van der Waals surface area contributed by atoms with E-state index in [4.69, 9.17) is 4.74 Å². The van der Waals surface area contributed by atoms with Gasteiger partial charge in [0, 0.05) is 17.1 Å². The van der Waals surface area contributed by atoms with Crippen molar-refractivity contribution in [2.75, 3.05) is 0 Å². The SMILES string of the molecule is Cc1ccc(OCc2ccccc2)c(Pc2c(C)cccc2C=Nc2ccccc2)c1. The van der Waals surface area contributed by atoms with Crippen molar-refractivity contribution in [2.45, 2.75) is 20.5 Å². The van der Waals surface area contributed by atoms with Gasteiger partial charge in [-0.2, -0.15) is 0 Å². The first-order valence-corrected chi connectivity index (χ1v) is 11.4. The lowest BCUT2D eigenvalue weighted by Crippen LogP contribution is -2.14. The van der Waals surface area contributed by atoms with Gasteiger partial charge in [0.25, 0.3) is 0 Å². The summed E-state index contributed by atoms with van der Waals surface area (Å²) < 4.78 is 6.23. The van der Waals surface area contributed by atoms with Crippen LogP contribution in [0.3, 0.4) is 0 Å². The summed E-state index contributed by atoms with van der Waals surface area (Å²) in [6, 6.07) is 33.2. The molecule has 2 nitrogen and oxygen atoms in total. The van der Waals surface area contributed by atoms with E-state index >= 15 is 0 Å². The van der Waals surface area contributed by atoms with Crippen molar-refractivity contribution in [2.24, 2.45) is 4.99 Å². The maximum absolute atomic E-state index is 6.23. The van der Waals surface area contributed by atoms with Gasteiger partial charge in [-0.25, -0.2) is 0 Å². The van der Waals surface area contributed by atoms with Crippen LogP contribution in [-0.2, 0) is 6.61 Å². The van der Waals surface area contributed by atoms with Crippen molar-refractivity contribution in [1.29, 1.82) is 0 Å². The zero-order chi connectivity index (χ0) is 21.5. The molecule has 1 atom stereocenters. The Morgan fingerprint density at radius 1 is 0.806 bits per heavy atom. The number of para-hydroxylation sites is 1. The highest BCUT2D eigenvalue weighted by atomic mass is 31.1. The minimum absolute atomic E-state index is 0.488. The van der Waals surface area contributed by atoms with Crippen LogP contribution >= 0.6 is 8.58 Å². The van der Waals surface area contributed by atoms with Crippen LogP contribution in [0.25, 0.3) is 0 Å². The molecule has 0 heterocycles. The normalized spacial score (nSPS) is 11.4. The molecule has 0 aliphatic carbocycles. The number of ether oxygens (including phenoxy) is 1. The molecule has 0 aromatic heterocycles. The van der Waals surface area contributed by atoms with E-state index in [1.54, 1.807) is 0 Å². The largest absolute Gasteiger partial charge is 0.488 e. The van der Waals surface area contributed by atoms with Gasteiger partial charge in [0.2, 0.25) is 0 Å². The number of hydrogen-bond donors (Lipinski definition) is 0. The van der Waals surface area contributed by atoms with Gasteiger partial charge < -0.3 is 4.74 Å². The summed E-state index contributed by atoms with van der Waals surface area (Å²) in [5.74, 6) is 0.946. The molecule has 0 amide bonds. The molecule has 154 valence electrons. The summed E-state index contributed by atoms with van der Waals surface area (Å²) in [6.07, 6.45) is 1.98. The van der Waals surface area contributed by atoms with E-state index in [9.17, 15) is 0 Å². The van der Waals surface area contributed by atoms with Crippen molar-refractivity contribution in [3.63, 3.8) is 0 Å². The predicted octanol–water partition coefficient (Wildman–Crippen LogP) is 6.26. The second-order valence-electron chi connectivity index (χ2n) is 7.53. The first-order valence-electron chi connectivity index (χ1n) is 10.4. The Labute approximate surface area is 186 Å². The minimum atomic E-state index is 0.488. The molecule has 4 aromatic carbocycles. The van der Waals surface area contributed by atoms with E-state index in [0.717, 1.165) is 17.0 Å². The molecule has 0 N–H and O–H groups in total. The Morgan fingerprint density at radius 2 is 1.55 bits per heavy atom. The minimum Gasteiger partial charge on any atom is -0.488 e. The van der Waals surface area contributed by atoms with Crippen LogP contribution in [0, 0.1) is 13.8 Å². The first-order chi connectivity index (χ1) is 15.2. The van der Waals surface area contributed by atoms with E-state index < -0.39 is 0 Å². The number of rotatable bonds is 7. The summed E-state index contributed by atoms with van der Waals surface area (Å²) >= 11 is 0. The van der Waals surface area contributed by atoms with Crippen LogP contribution < -0.4 is 15.3 Å². The second kappa shape index (κ2) is 10.2. The van der Waals surface area contributed by atoms with Crippen molar-refractivity contribution >= 4 is 31.1 Å². The maximum Gasteiger partial charge on any atom is 0.127 e. The summed E-state index contributed by atoms with van der Waals surface area (Å²) in [4.78, 5) is 4.68. The monoisotopic (exact) mass is 423 g/mol. The number of aryl methyl sites for hydroxylation is 2. The molecule has 4 rings (SSSR count). The fourth-order valence-corrected chi connectivity index (χ4v) is 4.78. The molecule has 1 unspecified atom stereocenters. The average Bonchev–Trinajstić information content (AvgIpc) is 2.80. The highest BCUT2D eigenvalue weighted by Gasteiger charge is 2.11. The summed E-state index contributed by atoms with van der Waals surface area (Å²) in [5.41, 5.74) is 5.79. The molecule has 0 saturated carbocycles. The lowest BCUT2D eigenvalue weighted by molar-refractivity contribution is 0.309. The van der Waals surface area contributed by atoms with Crippen LogP contribution in [0.5, 0.6) is 5.75 Å². The Bertz CT molecular complexity index is 1170. The second-order valence-corrected chi connectivity index (χ2v) is 8.82. The van der Waals surface area contributed by atoms with Gasteiger partial charge in [-0.3, -0.25) is 4.99 Å². The van der Waals surface area contributed by atoms with E-state index in [1.807, 2.05) is 54.7 Å². The van der Waals surface area contributed by atoms with Crippen LogP contribution in [0.15, 0.2) is 102 Å². The standard InChI is InChI=1S/C28H26NOP/c1-21-16-17-26(30-20-23-11-5-3-6-12-23)27(18-21)31-28-22(2)10-9-13-24(28)19-29-25-14-7-4-8-15-25/h3-19,31H,20H2,1-2H3. The van der Waals surface area contributed by atoms with Crippen molar-refractivity contribution < 1.29 is 4.74 Å². The zero-order valence-electron chi connectivity index (χ0n) is 17.9. The van der Waals surface area contributed by atoms with Gasteiger partial charge in [0.05, 0.1) is 5.69 Å². The van der Waals surface area contributed by atoms with Crippen LogP contribution in [0.1, 0.15) is 22.3 Å². The zero-order valence-corrected chi connectivity index (χ0v) is 18.9. The van der Waals surface area contributed by atoms with Crippen LogP contribution in [0.2, 0.25) is 0 Å². The molecule has 0 saturated heterocycles. The third-order valence-corrected chi connectivity index (χ3v) is 6.64. The number of hydrogen-bond acceptors (Lipinski definition) is 2. The van der Waals surface area contributed by atoms with Gasteiger partial charge in [-0.05, 0) is 54.5 Å². The third kappa shape index (κ3) is 5.69. The molecule has 31 heavy (non-hydrogen) atoms. The van der Waals surface area contributed by atoms with E-state index in [-0.39, 0.29) is 0 Å². The molecule has 0 aliphatic heterocycles. The molecule has 0 fully saturated rings. The van der Waals surface area contributed by atoms with Crippen molar-refractivity contribution in [3.8, 4) is 5.75 Å². The predicted molar refractivity (Wildman–Crippen MR) is 134 cm³/mol. The highest BCUT2D eigenvalue weighted by Crippen LogP contribution is 2.24. The Hall–Kier alpha value is -3.22. The van der Waals surface area contributed by atoms with Crippen molar-refractivity contribution in [3.05, 3.63) is 119 Å². The van der Waals surface area contributed by atoms with Crippen molar-refractivity contribution in [1.82, 2.24) is 0 Å². The maximum atomic E-state index is 6.23. The fraction of sp³-hybridized carbons (Fsp3) is 0.107. The first kappa shape index (κ1) is 21.0. The lowest BCUT2D eigenvalue weighted by Gasteiger charge is -2.15. The third-order valence-electron chi connectivity index (χ3n) is 5.05. The Kier molecular flexibility index (Phi) is 6.92. The molecule has 0 aliphatic rings. The molecule has 3 heteroatoms. The molecule has 0 bridgehead atoms. The van der Waals surface area contributed by atoms with Crippen LogP contribution in [0.4, 0.5) is 5.69 Å². The molecule has 0 radical (unpaired) electrons. The number of benzene rings is 4. The van der Waals surface area contributed by atoms with E-state index in [0.29, 0.717) is 15.2 Å². The molecular weight excluding hydrogens is 397 g/mol. The summed E-state index contributed by atoms with van der Waals surface area (Å²) in [7, 11) is 0.488. The number of aliphatic imine (C=N–C) groups is 1. The highest BCUT2D eigenvalue weighted by molar-refractivity contribution is 7.56. The van der Waals surface area contributed by atoms with Gasteiger partial charge in [0.15, 0.2) is 0 Å². The topological polar surface area (TPSA) is 21.6 Å². The van der Waals surface area contributed by atoms with Crippen LogP contribution in [-0.4, -0.2) is 6.21 Å². The van der Waals surface area contributed by atoms with Gasteiger partial charge in [-0.1, -0.05) is 86.9 Å². The summed E-state index contributed by atoms with van der Waals surface area (Å²) in [5, 5.41) is 2.52. The molecule has 4 aromatic rings. The summed E-state index contributed by atoms with van der Waals surface area (Å²) in [6.45, 7) is 4.87. The van der Waals surface area contributed by atoms with E-state index in [1.165, 1.54) is 27.3 Å². The van der Waals surface area contributed by atoms with Gasteiger partial charge >= 0.3 is 0 Å². The lowest BCUT2D eigenvalue weighted by atomic mass is 10.1. The van der Waals surface area contributed by atoms with E-state index in [2.05, 4.69) is 67.4 Å². The number of nitrogens with zero attached hydrogens (tertiary/aromatic N) is 1. The molecular formula is C28H26NOP. The quantitative estimate of drug-likeness (QED) is 0.254. The fourth-order valence-electron chi connectivity index (χ4n) is 3.36. The Morgan fingerprint density at radius 3 is 2.32 bits per heavy atom. The Balaban J connectivity index is 1.61. The van der Waals surface area contributed by atoms with Gasteiger partial charge in [0.1, 0.15) is 12.4 Å². The average molecular weight is 423 g/mol. The smallest absolute Gasteiger partial charge is 0.127 e.